The molecule has 0 radical (unpaired) electrons. The van der Waals surface area contributed by atoms with E-state index in [-0.39, 0.29) is 11.9 Å². The minimum atomic E-state index is 0.0396. The molecule has 4 heteroatoms. The summed E-state index contributed by atoms with van der Waals surface area (Å²) in [5.74, 6) is 6.04. The molecule has 1 aromatic carbocycles. The van der Waals surface area contributed by atoms with Crippen LogP contribution in [-0.4, -0.2) is 24.0 Å². The Morgan fingerprint density at radius 2 is 2.27 bits per heavy atom. The summed E-state index contributed by atoms with van der Waals surface area (Å²) in [4.78, 5) is 13.5. The quantitative estimate of drug-likeness (QED) is 0.838. The van der Waals surface area contributed by atoms with Crippen molar-refractivity contribution in [2.24, 2.45) is 0 Å². The van der Waals surface area contributed by atoms with Crippen LogP contribution in [0.15, 0.2) is 24.3 Å². The molecule has 4 rings (SSSR count). The van der Waals surface area contributed by atoms with Crippen molar-refractivity contribution in [1.29, 1.82) is 0 Å². The van der Waals surface area contributed by atoms with Crippen LogP contribution in [-0.2, 0) is 0 Å². The molecule has 2 aliphatic heterocycles. The summed E-state index contributed by atoms with van der Waals surface area (Å²) in [6.07, 6.45) is 3.49. The molecule has 112 valence electrons. The van der Waals surface area contributed by atoms with Crippen LogP contribution in [0.5, 0.6) is 0 Å². The highest BCUT2D eigenvalue weighted by Crippen LogP contribution is 2.29. The average Bonchev–Trinajstić information content (AvgIpc) is 3.20. The minimum absolute atomic E-state index is 0.0396. The largest absolute Gasteiger partial charge is 0.348 e. The van der Waals surface area contributed by atoms with Crippen LogP contribution in [0.25, 0.3) is 10.1 Å². The van der Waals surface area contributed by atoms with E-state index >= 15 is 0 Å². The van der Waals surface area contributed by atoms with E-state index in [2.05, 4.69) is 28.5 Å². The molecule has 2 bridgehead atoms. The lowest BCUT2D eigenvalue weighted by Gasteiger charge is -2.21. The molecule has 2 aliphatic rings. The molecule has 3 heterocycles. The Labute approximate surface area is 134 Å². The van der Waals surface area contributed by atoms with Gasteiger partial charge in [0.2, 0.25) is 0 Å². The van der Waals surface area contributed by atoms with Crippen LogP contribution in [0, 0.1) is 11.8 Å². The number of carbonyl (C=O) groups excluding carboxylic acids is 1. The van der Waals surface area contributed by atoms with Crippen molar-refractivity contribution < 1.29 is 4.79 Å². The first kappa shape index (κ1) is 13.8. The maximum absolute atomic E-state index is 12.5. The van der Waals surface area contributed by atoms with Crippen LogP contribution in [0.3, 0.4) is 0 Å². The number of rotatable bonds is 2. The van der Waals surface area contributed by atoms with Gasteiger partial charge in [-0.15, -0.1) is 17.3 Å². The summed E-state index contributed by atoms with van der Waals surface area (Å²) < 4.78 is 1.12. The second-order valence-corrected chi connectivity index (χ2v) is 7.19. The van der Waals surface area contributed by atoms with E-state index in [9.17, 15) is 4.79 Å². The first-order valence-electron chi connectivity index (χ1n) is 7.76. The molecule has 0 spiro atoms. The van der Waals surface area contributed by atoms with E-state index in [1.54, 1.807) is 11.3 Å². The summed E-state index contributed by atoms with van der Waals surface area (Å²) in [7, 11) is 0. The zero-order chi connectivity index (χ0) is 15.1. The van der Waals surface area contributed by atoms with Crippen LogP contribution in [0.1, 0.15) is 41.4 Å². The number of thiophene rings is 1. The number of nitrogens with one attached hydrogen (secondary N) is 2. The van der Waals surface area contributed by atoms with Gasteiger partial charge in [-0.25, -0.2) is 0 Å². The van der Waals surface area contributed by atoms with Gasteiger partial charge in [0.1, 0.15) is 0 Å². The van der Waals surface area contributed by atoms with E-state index in [1.807, 2.05) is 25.1 Å². The third-order valence-corrected chi connectivity index (χ3v) is 5.66. The lowest BCUT2D eigenvalue weighted by atomic mass is 9.95. The first-order chi connectivity index (χ1) is 10.7. The van der Waals surface area contributed by atoms with Gasteiger partial charge in [-0.05, 0) is 49.8 Å². The zero-order valence-electron chi connectivity index (χ0n) is 12.5. The van der Waals surface area contributed by atoms with Gasteiger partial charge in [-0.3, -0.25) is 4.79 Å². The summed E-state index contributed by atoms with van der Waals surface area (Å²) in [5.41, 5.74) is 0.744. The second-order valence-electron chi connectivity index (χ2n) is 6.10. The minimum Gasteiger partial charge on any atom is -0.348 e. The molecule has 2 N–H and O–H groups in total. The van der Waals surface area contributed by atoms with Gasteiger partial charge in [0, 0.05) is 28.4 Å². The smallest absolute Gasteiger partial charge is 0.251 e. The topological polar surface area (TPSA) is 41.1 Å². The number of amides is 1. The standard InChI is InChI=1S/C18H18N2OS/c1-2-3-14-8-11-4-5-12(9-17(11)22-14)18(21)20-16-10-13-6-7-15(16)19-13/h4-5,8-9,13,15-16,19H,6-7,10H2,1H3,(H,20,21)/t13-,15+,16-/m1/s1. The Hall–Kier alpha value is -1.83. The molecular formula is C18H18N2OS. The molecular weight excluding hydrogens is 292 g/mol. The first-order valence-corrected chi connectivity index (χ1v) is 8.58. The van der Waals surface area contributed by atoms with Crippen LogP contribution in [0.2, 0.25) is 0 Å². The molecule has 22 heavy (non-hydrogen) atoms. The van der Waals surface area contributed by atoms with Gasteiger partial charge >= 0.3 is 0 Å². The van der Waals surface area contributed by atoms with Gasteiger partial charge in [0.25, 0.3) is 5.91 Å². The molecule has 1 aromatic heterocycles. The average molecular weight is 310 g/mol. The molecule has 0 aliphatic carbocycles. The van der Waals surface area contributed by atoms with Crippen molar-refractivity contribution in [3.8, 4) is 11.8 Å². The number of hydrogen-bond acceptors (Lipinski definition) is 3. The Kier molecular flexibility index (Phi) is 3.40. The van der Waals surface area contributed by atoms with E-state index < -0.39 is 0 Å². The number of carbonyl (C=O) groups is 1. The summed E-state index contributed by atoms with van der Waals surface area (Å²) in [5, 5.41) is 7.91. The van der Waals surface area contributed by atoms with Crippen LogP contribution < -0.4 is 10.6 Å². The van der Waals surface area contributed by atoms with E-state index in [4.69, 9.17) is 0 Å². The van der Waals surface area contributed by atoms with Gasteiger partial charge in [-0.2, -0.15) is 0 Å². The Morgan fingerprint density at radius 1 is 1.36 bits per heavy atom. The van der Waals surface area contributed by atoms with E-state index in [1.165, 1.54) is 12.8 Å². The summed E-state index contributed by atoms with van der Waals surface area (Å²) in [6, 6.07) is 9.34. The lowest BCUT2D eigenvalue weighted by molar-refractivity contribution is 0.0931. The van der Waals surface area contributed by atoms with Crippen molar-refractivity contribution in [2.45, 2.75) is 44.3 Å². The maximum Gasteiger partial charge on any atom is 0.251 e. The predicted octanol–water partition coefficient (Wildman–Crippen LogP) is 2.90. The summed E-state index contributed by atoms with van der Waals surface area (Å²) in [6.45, 7) is 1.84. The molecule has 0 saturated carbocycles. The highest BCUT2D eigenvalue weighted by Gasteiger charge is 2.39. The van der Waals surface area contributed by atoms with Crippen LogP contribution >= 0.6 is 11.3 Å². The van der Waals surface area contributed by atoms with Gasteiger partial charge in [0.15, 0.2) is 0 Å². The maximum atomic E-state index is 12.5. The molecule has 3 atom stereocenters. The second kappa shape index (κ2) is 5.42. The van der Waals surface area contributed by atoms with Crippen LogP contribution in [0.4, 0.5) is 0 Å². The third-order valence-electron chi connectivity index (χ3n) is 4.65. The number of benzene rings is 1. The number of hydrogen-bond donors (Lipinski definition) is 2. The Bertz CT molecular complexity index is 798. The third kappa shape index (κ3) is 2.41. The highest BCUT2D eigenvalue weighted by molar-refractivity contribution is 7.19. The molecule has 1 amide bonds. The SMILES string of the molecule is CC#Cc1cc2ccc(C(=O)N[C@@H]3C[C@H]4CC[C@@H]3N4)cc2s1. The number of fused-ring (bicyclic) bond motifs is 3. The van der Waals surface area contributed by atoms with Crippen molar-refractivity contribution in [1.82, 2.24) is 10.6 Å². The van der Waals surface area contributed by atoms with Crippen molar-refractivity contribution in [2.75, 3.05) is 0 Å². The molecule has 0 unspecified atom stereocenters. The molecule has 2 aromatic rings. The van der Waals surface area contributed by atoms with E-state index in [0.717, 1.165) is 26.9 Å². The van der Waals surface area contributed by atoms with Crippen molar-refractivity contribution >= 4 is 27.3 Å². The summed E-state index contributed by atoms with van der Waals surface area (Å²) >= 11 is 1.64. The van der Waals surface area contributed by atoms with E-state index in [0.29, 0.717) is 12.1 Å². The fraction of sp³-hybridized carbons (Fsp3) is 0.389. The van der Waals surface area contributed by atoms with Crippen molar-refractivity contribution in [3.63, 3.8) is 0 Å². The zero-order valence-corrected chi connectivity index (χ0v) is 13.3. The lowest BCUT2D eigenvalue weighted by Crippen LogP contribution is -2.42. The highest BCUT2D eigenvalue weighted by atomic mass is 32.1. The fourth-order valence-electron chi connectivity index (χ4n) is 3.59. The monoisotopic (exact) mass is 310 g/mol. The Morgan fingerprint density at radius 3 is 3.00 bits per heavy atom. The predicted molar refractivity (Wildman–Crippen MR) is 90.2 cm³/mol. The molecule has 2 saturated heterocycles. The molecule has 2 fully saturated rings. The van der Waals surface area contributed by atoms with Gasteiger partial charge < -0.3 is 10.6 Å². The van der Waals surface area contributed by atoms with Gasteiger partial charge in [0.05, 0.1) is 4.88 Å². The Balaban J connectivity index is 1.54. The normalized spacial score (nSPS) is 26.0. The molecule has 3 nitrogen and oxygen atoms in total. The fourth-order valence-corrected chi connectivity index (χ4v) is 4.60. The van der Waals surface area contributed by atoms with Crippen molar-refractivity contribution in [3.05, 3.63) is 34.7 Å². The van der Waals surface area contributed by atoms with Gasteiger partial charge in [-0.1, -0.05) is 12.0 Å².